The molecule has 0 amide bonds. The molecule has 0 atom stereocenters. The van der Waals surface area contributed by atoms with Gasteiger partial charge in [-0.15, -0.1) is 0 Å². The molecule has 0 aromatic heterocycles. The molecule has 0 unspecified atom stereocenters. The average Bonchev–Trinajstić information content (AvgIpc) is 2.46. The van der Waals surface area contributed by atoms with Gasteiger partial charge in [0.1, 0.15) is 11.6 Å². The van der Waals surface area contributed by atoms with Crippen LogP contribution >= 0.6 is 0 Å². The van der Waals surface area contributed by atoms with Crippen LogP contribution in [0.5, 0.6) is 5.75 Å². The summed E-state index contributed by atoms with van der Waals surface area (Å²) in [6.45, 7) is 4.31. The van der Waals surface area contributed by atoms with Crippen LogP contribution in [0.4, 0.5) is 4.39 Å². The van der Waals surface area contributed by atoms with Gasteiger partial charge in [-0.1, -0.05) is 18.2 Å². The van der Waals surface area contributed by atoms with Crippen LogP contribution in [-0.4, -0.2) is 12.8 Å². The van der Waals surface area contributed by atoms with Crippen molar-refractivity contribution in [2.75, 3.05) is 7.11 Å². The third kappa shape index (κ3) is 3.23. The summed E-state index contributed by atoms with van der Waals surface area (Å²) in [5.74, 6) is 0.614. The summed E-state index contributed by atoms with van der Waals surface area (Å²) in [4.78, 5) is 4.48. The van der Waals surface area contributed by atoms with Crippen LogP contribution in [0.25, 0.3) is 0 Å². The minimum Gasteiger partial charge on any atom is -0.497 e. The molecule has 0 aliphatic carbocycles. The summed E-state index contributed by atoms with van der Waals surface area (Å²) in [5.41, 5.74) is 3.66. The van der Waals surface area contributed by atoms with Gasteiger partial charge in [0.05, 0.1) is 13.7 Å². The largest absolute Gasteiger partial charge is 0.497 e. The lowest BCUT2D eigenvalue weighted by Gasteiger charge is -2.08. The van der Waals surface area contributed by atoms with Gasteiger partial charge in [0.2, 0.25) is 0 Å². The summed E-state index contributed by atoms with van der Waals surface area (Å²) in [6, 6.07) is 12.6. The zero-order valence-corrected chi connectivity index (χ0v) is 12.0. The van der Waals surface area contributed by atoms with Crippen LogP contribution in [-0.2, 0) is 6.54 Å². The zero-order valence-electron chi connectivity index (χ0n) is 12.0. The van der Waals surface area contributed by atoms with E-state index in [1.165, 1.54) is 6.07 Å². The number of ether oxygens (including phenoxy) is 1. The number of hydrogen-bond acceptors (Lipinski definition) is 2. The maximum absolute atomic E-state index is 13.5. The molecule has 0 radical (unpaired) electrons. The molecule has 0 saturated heterocycles. The smallest absolute Gasteiger partial charge is 0.128 e. The summed E-state index contributed by atoms with van der Waals surface area (Å²) in [6.07, 6.45) is 0. The first kappa shape index (κ1) is 14.3. The van der Waals surface area contributed by atoms with Gasteiger partial charge in [-0.3, -0.25) is 4.99 Å². The van der Waals surface area contributed by atoms with E-state index < -0.39 is 0 Å². The fourth-order valence-corrected chi connectivity index (χ4v) is 2.08. The molecule has 0 fully saturated rings. The summed E-state index contributed by atoms with van der Waals surface area (Å²) >= 11 is 0. The second kappa shape index (κ2) is 6.33. The quantitative estimate of drug-likeness (QED) is 0.765. The van der Waals surface area contributed by atoms with Crippen molar-refractivity contribution in [1.29, 1.82) is 0 Å². The molecular formula is C17H18FNO. The minimum absolute atomic E-state index is 0.212. The SMILES string of the molecule is COc1ccc(C(C)=NCc2ccccc2F)c(C)c1. The number of methoxy groups -OCH3 is 1. The highest BCUT2D eigenvalue weighted by molar-refractivity contribution is 6.00. The summed E-state index contributed by atoms with van der Waals surface area (Å²) in [5, 5.41) is 0. The van der Waals surface area contributed by atoms with Crippen molar-refractivity contribution in [2.24, 2.45) is 4.99 Å². The van der Waals surface area contributed by atoms with Crippen LogP contribution in [0.3, 0.4) is 0 Å². The molecule has 2 aromatic rings. The molecule has 3 heteroatoms. The standard InChI is InChI=1S/C17H18FNO/c1-12-10-15(20-3)8-9-16(12)13(2)19-11-14-6-4-5-7-17(14)18/h4-10H,11H2,1-3H3. The summed E-state index contributed by atoms with van der Waals surface area (Å²) < 4.78 is 18.7. The Morgan fingerprint density at radius 2 is 1.95 bits per heavy atom. The number of rotatable bonds is 4. The van der Waals surface area contributed by atoms with Gasteiger partial charge in [0, 0.05) is 11.3 Å². The van der Waals surface area contributed by atoms with Gasteiger partial charge < -0.3 is 4.74 Å². The molecule has 0 N–H and O–H groups in total. The Morgan fingerprint density at radius 1 is 1.20 bits per heavy atom. The van der Waals surface area contributed by atoms with Gasteiger partial charge in [0.15, 0.2) is 0 Å². The third-order valence-electron chi connectivity index (χ3n) is 3.27. The number of aliphatic imine (C=N–C) groups is 1. The number of halogens is 1. The first-order chi connectivity index (χ1) is 9.61. The fraction of sp³-hybridized carbons (Fsp3) is 0.235. The molecule has 20 heavy (non-hydrogen) atoms. The Balaban J connectivity index is 2.21. The highest BCUT2D eigenvalue weighted by Crippen LogP contribution is 2.18. The second-order valence-electron chi connectivity index (χ2n) is 4.67. The van der Waals surface area contributed by atoms with E-state index >= 15 is 0 Å². The van der Waals surface area contributed by atoms with Gasteiger partial charge >= 0.3 is 0 Å². The van der Waals surface area contributed by atoms with Gasteiger partial charge in [-0.2, -0.15) is 0 Å². The van der Waals surface area contributed by atoms with E-state index in [2.05, 4.69) is 4.99 Å². The molecule has 0 spiro atoms. The van der Waals surface area contributed by atoms with E-state index in [1.807, 2.05) is 38.1 Å². The van der Waals surface area contributed by atoms with Crippen molar-refractivity contribution in [1.82, 2.24) is 0 Å². The van der Waals surface area contributed by atoms with Crippen molar-refractivity contribution in [3.8, 4) is 5.75 Å². The lowest BCUT2D eigenvalue weighted by molar-refractivity contribution is 0.414. The van der Waals surface area contributed by atoms with E-state index in [0.29, 0.717) is 12.1 Å². The Bertz CT molecular complexity index is 635. The average molecular weight is 271 g/mol. The molecule has 0 aliphatic rings. The van der Waals surface area contributed by atoms with E-state index in [-0.39, 0.29) is 5.82 Å². The molecule has 0 aliphatic heterocycles. The molecular weight excluding hydrogens is 253 g/mol. The number of nitrogens with zero attached hydrogens (tertiary/aromatic N) is 1. The van der Waals surface area contributed by atoms with Crippen molar-refractivity contribution in [3.63, 3.8) is 0 Å². The lowest BCUT2D eigenvalue weighted by Crippen LogP contribution is -2.00. The van der Waals surface area contributed by atoms with E-state index in [4.69, 9.17) is 4.74 Å². The molecule has 0 heterocycles. The highest BCUT2D eigenvalue weighted by atomic mass is 19.1. The Hall–Kier alpha value is -2.16. The monoisotopic (exact) mass is 271 g/mol. The third-order valence-corrected chi connectivity index (χ3v) is 3.27. The number of aryl methyl sites for hydroxylation is 1. The first-order valence-corrected chi connectivity index (χ1v) is 6.51. The summed E-state index contributed by atoms with van der Waals surface area (Å²) in [7, 11) is 1.65. The fourth-order valence-electron chi connectivity index (χ4n) is 2.08. The van der Waals surface area contributed by atoms with Gasteiger partial charge in [-0.05, 0) is 49.2 Å². The molecule has 0 saturated carbocycles. The Kier molecular flexibility index (Phi) is 4.51. The van der Waals surface area contributed by atoms with E-state index in [0.717, 1.165) is 22.6 Å². The molecule has 2 rings (SSSR count). The predicted octanol–water partition coefficient (Wildman–Crippen LogP) is 4.15. The maximum atomic E-state index is 13.5. The molecule has 2 aromatic carbocycles. The predicted molar refractivity (Wildman–Crippen MR) is 80.0 cm³/mol. The van der Waals surface area contributed by atoms with Crippen LogP contribution in [0.2, 0.25) is 0 Å². The van der Waals surface area contributed by atoms with Crippen molar-refractivity contribution in [3.05, 3.63) is 65.0 Å². The van der Waals surface area contributed by atoms with E-state index in [1.54, 1.807) is 19.2 Å². The van der Waals surface area contributed by atoms with E-state index in [9.17, 15) is 4.39 Å². The highest BCUT2D eigenvalue weighted by Gasteiger charge is 2.04. The minimum atomic E-state index is -0.212. The van der Waals surface area contributed by atoms with Gasteiger partial charge in [-0.25, -0.2) is 4.39 Å². The number of hydrogen-bond donors (Lipinski definition) is 0. The topological polar surface area (TPSA) is 21.6 Å². The maximum Gasteiger partial charge on any atom is 0.128 e. The van der Waals surface area contributed by atoms with Crippen LogP contribution in [0.15, 0.2) is 47.5 Å². The Morgan fingerprint density at radius 3 is 2.60 bits per heavy atom. The molecule has 2 nitrogen and oxygen atoms in total. The van der Waals surface area contributed by atoms with Crippen LogP contribution in [0.1, 0.15) is 23.6 Å². The molecule has 104 valence electrons. The first-order valence-electron chi connectivity index (χ1n) is 6.51. The number of benzene rings is 2. The van der Waals surface area contributed by atoms with Crippen molar-refractivity contribution < 1.29 is 9.13 Å². The lowest BCUT2D eigenvalue weighted by atomic mass is 10.0. The van der Waals surface area contributed by atoms with Crippen molar-refractivity contribution in [2.45, 2.75) is 20.4 Å². The Labute approximate surface area is 118 Å². The normalized spacial score (nSPS) is 11.5. The second-order valence-corrected chi connectivity index (χ2v) is 4.67. The zero-order chi connectivity index (χ0) is 14.5. The van der Waals surface area contributed by atoms with Crippen molar-refractivity contribution >= 4 is 5.71 Å². The van der Waals surface area contributed by atoms with Crippen LogP contribution < -0.4 is 4.74 Å². The molecule has 0 bridgehead atoms. The van der Waals surface area contributed by atoms with Crippen LogP contribution in [0, 0.1) is 12.7 Å². The van der Waals surface area contributed by atoms with Gasteiger partial charge in [0.25, 0.3) is 0 Å².